The Morgan fingerprint density at radius 2 is 2.00 bits per heavy atom. The van der Waals surface area contributed by atoms with Crippen LogP contribution in [-0.4, -0.2) is 22.4 Å². The van der Waals surface area contributed by atoms with E-state index in [1.165, 1.54) is 12.1 Å². The number of aryl methyl sites for hydroxylation is 2. The zero-order valence-corrected chi connectivity index (χ0v) is 12.8. The molecule has 3 heteroatoms. The van der Waals surface area contributed by atoms with Gasteiger partial charge < -0.3 is 5.32 Å². The van der Waals surface area contributed by atoms with E-state index < -0.39 is 0 Å². The normalized spacial score (nSPS) is 14.2. The van der Waals surface area contributed by atoms with Gasteiger partial charge in [-0.2, -0.15) is 5.10 Å². The Morgan fingerprint density at radius 1 is 1.33 bits per heavy atom. The van der Waals surface area contributed by atoms with E-state index in [-0.39, 0.29) is 0 Å². The van der Waals surface area contributed by atoms with Gasteiger partial charge >= 0.3 is 0 Å². The molecule has 0 aliphatic carbocycles. The van der Waals surface area contributed by atoms with E-state index in [1.807, 2.05) is 17.9 Å². The standard InChI is InChI=1S/C15H29N3/c1-12(2)16-11-13(15(3,4)5)7-8-14-9-10-17-18(14)6/h9-10,12-13,16H,7-8,11H2,1-6H3. The first kappa shape index (κ1) is 15.2. The van der Waals surface area contributed by atoms with Crippen LogP contribution in [0.15, 0.2) is 12.3 Å². The van der Waals surface area contributed by atoms with E-state index in [0.29, 0.717) is 17.4 Å². The molecule has 0 aromatic carbocycles. The van der Waals surface area contributed by atoms with Crippen LogP contribution in [-0.2, 0) is 13.5 Å². The molecule has 1 heterocycles. The fourth-order valence-corrected chi connectivity index (χ4v) is 2.19. The second-order valence-electron chi connectivity index (χ2n) is 6.61. The number of hydrogen-bond donors (Lipinski definition) is 1. The van der Waals surface area contributed by atoms with Gasteiger partial charge in [0.05, 0.1) is 0 Å². The van der Waals surface area contributed by atoms with E-state index >= 15 is 0 Å². The average Bonchev–Trinajstić information content (AvgIpc) is 2.61. The minimum absolute atomic E-state index is 0.348. The first-order valence-electron chi connectivity index (χ1n) is 7.01. The van der Waals surface area contributed by atoms with Crippen molar-refractivity contribution in [2.24, 2.45) is 18.4 Å². The molecular formula is C15H29N3. The predicted molar refractivity (Wildman–Crippen MR) is 77.6 cm³/mol. The van der Waals surface area contributed by atoms with Crippen molar-refractivity contribution in [3.8, 4) is 0 Å². The molecule has 0 radical (unpaired) electrons. The SMILES string of the molecule is CC(C)NCC(CCc1ccnn1C)C(C)(C)C. The van der Waals surface area contributed by atoms with Crippen LogP contribution >= 0.6 is 0 Å². The summed E-state index contributed by atoms with van der Waals surface area (Å²) in [5, 5.41) is 7.81. The molecule has 0 bridgehead atoms. The zero-order valence-electron chi connectivity index (χ0n) is 12.8. The molecule has 0 fully saturated rings. The monoisotopic (exact) mass is 251 g/mol. The molecule has 3 nitrogen and oxygen atoms in total. The van der Waals surface area contributed by atoms with Crippen molar-refractivity contribution in [2.45, 2.75) is 53.5 Å². The maximum Gasteiger partial charge on any atom is 0.0492 e. The lowest BCUT2D eigenvalue weighted by molar-refractivity contribution is 0.214. The highest BCUT2D eigenvalue weighted by atomic mass is 15.2. The van der Waals surface area contributed by atoms with Crippen molar-refractivity contribution in [1.29, 1.82) is 0 Å². The van der Waals surface area contributed by atoms with Gasteiger partial charge in [0.1, 0.15) is 0 Å². The Balaban J connectivity index is 2.54. The lowest BCUT2D eigenvalue weighted by Gasteiger charge is -2.32. The maximum atomic E-state index is 4.23. The number of nitrogens with zero attached hydrogens (tertiary/aromatic N) is 2. The van der Waals surface area contributed by atoms with Gasteiger partial charge in [-0.05, 0) is 36.8 Å². The predicted octanol–water partition coefficient (Wildman–Crippen LogP) is 3.01. The van der Waals surface area contributed by atoms with Gasteiger partial charge in [-0.3, -0.25) is 4.68 Å². The van der Waals surface area contributed by atoms with Crippen molar-refractivity contribution < 1.29 is 0 Å². The van der Waals surface area contributed by atoms with Gasteiger partial charge in [0.25, 0.3) is 0 Å². The van der Waals surface area contributed by atoms with Crippen molar-refractivity contribution in [3.63, 3.8) is 0 Å². The number of nitrogens with one attached hydrogen (secondary N) is 1. The highest BCUT2D eigenvalue weighted by molar-refractivity contribution is 5.00. The Labute approximate surface area is 112 Å². The fraction of sp³-hybridized carbons (Fsp3) is 0.800. The second-order valence-corrected chi connectivity index (χ2v) is 6.61. The molecule has 0 amide bonds. The first-order chi connectivity index (χ1) is 8.30. The van der Waals surface area contributed by atoms with Crippen molar-refractivity contribution in [2.75, 3.05) is 6.54 Å². The van der Waals surface area contributed by atoms with Crippen molar-refractivity contribution in [1.82, 2.24) is 15.1 Å². The Bertz CT molecular complexity index is 347. The summed E-state index contributed by atoms with van der Waals surface area (Å²) in [5.41, 5.74) is 1.68. The zero-order chi connectivity index (χ0) is 13.8. The molecule has 104 valence electrons. The molecule has 1 aromatic rings. The Morgan fingerprint density at radius 3 is 2.44 bits per heavy atom. The Hall–Kier alpha value is -0.830. The lowest BCUT2D eigenvalue weighted by Crippen LogP contribution is -2.35. The van der Waals surface area contributed by atoms with Crippen LogP contribution in [0.2, 0.25) is 0 Å². The molecule has 0 saturated heterocycles. The van der Waals surface area contributed by atoms with E-state index in [0.717, 1.165) is 13.0 Å². The smallest absolute Gasteiger partial charge is 0.0492 e. The minimum Gasteiger partial charge on any atom is -0.314 e. The van der Waals surface area contributed by atoms with Crippen LogP contribution in [0.25, 0.3) is 0 Å². The largest absolute Gasteiger partial charge is 0.314 e. The molecule has 1 N–H and O–H groups in total. The second kappa shape index (κ2) is 6.37. The molecule has 0 aliphatic heterocycles. The number of aromatic nitrogens is 2. The summed E-state index contributed by atoms with van der Waals surface area (Å²) in [6.45, 7) is 12.5. The molecule has 1 aromatic heterocycles. The third-order valence-electron chi connectivity index (χ3n) is 3.67. The summed E-state index contributed by atoms with van der Waals surface area (Å²) < 4.78 is 1.98. The number of rotatable bonds is 6. The molecule has 1 unspecified atom stereocenters. The van der Waals surface area contributed by atoms with E-state index in [4.69, 9.17) is 0 Å². The third kappa shape index (κ3) is 4.81. The van der Waals surface area contributed by atoms with Crippen LogP contribution in [0.3, 0.4) is 0 Å². The van der Waals surface area contributed by atoms with Gasteiger partial charge in [-0.1, -0.05) is 34.6 Å². The molecule has 1 rings (SSSR count). The van der Waals surface area contributed by atoms with E-state index in [9.17, 15) is 0 Å². The van der Waals surface area contributed by atoms with Gasteiger partial charge in [0.2, 0.25) is 0 Å². The van der Waals surface area contributed by atoms with Gasteiger partial charge in [0, 0.05) is 25.0 Å². The van der Waals surface area contributed by atoms with Crippen LogP contribution < -0.4 is 5.32 Å². The Kier molecular flexibility index (Phi) is 5.39. The van der Waals surface area contributed by atoms with Crippen LogP contribution in [0.4, 0.5) is 0 Å². The lowest BCUT2D eigenvalue weighted by atomic mass is 9.77. The third-order valence-corrected chi connectivity index (χ3v) is 3.67. The molecule has 0 spiro atoms. The summed E-state index contributed by atoms with van der Waals surface area (Å²) in [5.74, 6) is 0.690. The van der Waals surface area contributed by atoms with Gasteiger partial charge in [-0.25, -0.2) is 0 Å². The summed E-state index contributed by atoms with van der Waals surface area (Å²) in [4.78, 5) is 0. The van der Waals surface area contributed by atoms with Crippen molar-refractivity contribution in [3.05, 3.63) is 18.0 Å². The molecule has 1 atom stereocenters. The summed E-state index contributed by atoms with van der Waals surface area (Å²) >= 11 is 0. The van der Waals surface area contributed by atoms with Crippen LogP contribution in [0.5, 0.6) is 0 Å². The molecule has 0 aliphatic rings. The van der Waals surface area contributed by atoms with Crippen LogP contribution in [0, 0.1) is 11.3 Å². The maximum absolute atomic E-state index is 4.23. The summed E-state index contributed by atoms with van der Waals surface area (Å²) in [7, 11) is 2.02. The summed E-state index contributed by atoms with van der Waals surface area (Å²) in [6, 6.07) is 2.68. The summed E-state index contributed by atoms with van der Waals surface area (Å²) in [6.07, 6.45) is 4.20. The first-order valence-corrected chi connectivity index (χ1v) is 7.01. The van der Waals surface area contributed by atoms with E-state index in [1.54, 1.807) is 0 Å². The average molecular weight is 251 g/mol. The fourth-order valence-electron chi connectivity index (χ4n) is 2.19. The molecular weight excluding hydrogens is 222 g/mol. The quantitative estimate of drug-likeness (QED) is 0.842. The van der Waals surface area contributed by atoms with E-state index in [2.05, 4.69) is 51.1 Å². The minimum atomic E-state index is 0.348. The highest BCUT2D eigenvalue weighted by Gasteiger charge is 2.24. The van der Waals surface area contributed by atoms with Gasteiger partial charge in [-0.15, -0.1) is 0 Å². The topological polar surface area (TPSA) is 29.9 Å². The molecule has 0 saturated carbocycles. The number of hydrogen-bond acceptors (Lipinski definition) is 2. The van der Waals surface area contributed by atoms with Crippen molar-refractivity contribution >= 4 is 0 Å². The van der Waals surface area contributed by atoms with Crippen LogP contribution in [0.1, 0.15) is 46.7 Å². The van der Waals surface area contributed by atoms with Gasteiger partial charge in [0.15, 0.2) is 0 Å². The molecule has 18 heavy (non-hydrogen) atoms. The highest BCUT2D eigenvalue weighted by Crippen LogP contribution is 2.29.